The first-order chi connectivity index (χ1) is 6.11. The fraction of sp³-hybridized carbons (Fsp3) is 0.917. The van der Waals surface area contributed by atoms with Gasteiger partial charge in [0.2, 0.25) is 0 Å². The molecule has 2 rings (SSSR count). The number of Topliss-reactive ketones (excluding diaryl/α,β-unsaturated/α-hetero) is 1. The second-order valence-electron chi connectivity index (χ2n) is 5.36. The largest absolute Gasteiger partial charge is 0.300 e. The highest BCUT2D eigenvalue weighted by molar-refractivity contribution is 5.77. The summed E-state index contributed by atoms with van der Waals surface area (Å²) >= 11 is 0. The van der Waals surface area contributed by atoms with Crippen molar-refractivity contribution in [3.05, 3.63) is 0 Å². The zero-order valence-electron chi connectivity index (χ0n) is 8.81. The summed E-state index contributed by atoms with van der Waals surface area (Å²) in [4.78, 5) is 11.2. The van der Waals surface area contributed by atoms with Crippen LogP contribution in [0, 0.1) is 17.3 Å². The standard InChI is InChI=1S/C12H20O/c1-9(10(2)13)7-12-5-3-11(8-12)4-6-12/h9,11H,3-8H2,1-2H3. The maximum absolute atomic E-state index is 11.2. The van der Waals surface area contributed by atoms with Gasteiger partial charge in [-0.3, -0.25) is 4.79 Å². The zero-order valence-corrected chi connectivity index (χ0v) is 8.81. The molecule has 1 atom stereocenters. The molecule has 0 amide bonds. The lowest BCUT2D eigenvalue weighted by Crippen LogP contribution is -2.21. The third kappa shape index (κ3) is 1.66. The van der Waals surface area contributed by atoms with Crippen molar-refractivity contribution in [3.63, 3.8) is 0 Å². The Morgan fingerprint density at radius 1 is 1.46 bits per heavy atom. The molecular weight excluding hydrogens is 160 g/mol. The van der Waals surface area contributed by atoms with E-state index in [2.05, 4.69) is 6.92 Å². The van der Waals surface area contributed by atoms with E-state index in [0.717, 1.165) is 5.92 Å². The SMILES string of the molecule is CC(=O)C(C)CC12CCC(CC1)C2. The summed E-state index contributed by atoms with van der Waals surface area (Å²) in [5, 5.41) is 0. The molecule has 0 N–H and O–H groups in total. The second-order valence-corrected chi connectivity index (χ2v) is 5.36. The van der Waals surface area contributed by atoms with E-state index < -0.39 is 0 Å². The predicted molar refractivity (Wildman–Crippen MR) is 53.5 cm³/mol. The molecule has 2 bridgehead atoms. The molecule has 0 aliphatic heterocycles. The van der Waals surface area contributed by atoms with Gasteiger partial charge in [0.15, 0.2) is 0 Å². The van der Waals surface area contributed by atoms with E-state index in [1.54, 1.807) is 6.92 Å². The number of carbonyl (C=O) groups is 1. The smallest absolute Gasteiger partial charge is 0.132 e. The summed E-state index contributed by atoms with van der Waals surface area (Å²) in [7, 11) is 0. The molecule has 74 valence electrons. The molecule has 0 aromatic rings. The van der Waals surface area contributed by atoms with Gasteiger partial charge in [-0.25, -0.2) is 0 Å². The average molecular weight is 180 g/mol. The Kier molecular flexibility index (Phi) is 2.21. The van der Waals surface area contributed by atoms with Gasteiger partial charge in [0.25, 0.3) is 0 Å². The Morgan fingerprint density at radius 2 is 2.08 bits per heavy atom. The molecule has 2 aliphatic carbocycles. The summed E-state index contributed by atoms with van der Waals surface area (Å²) < 4.78 is 0. The molecule has 2 aliphatic rings. The van der Waals surface area contributed by atoms with Gasteiger partial charge >= 0.3 is 0 Å². The van der Waals surface area contributed by atoms with Crippen molar-refractivity contribution in [1.29, 1.82) is 0 Å². The molecule has 0 spiro atoms. The van der Waals surface area contributed by atoms with Gasteiger partial charge in [-0.1, -0.05) is 6.92 Å². The molecule has 2 fully saturated rings. The maximum atomic E-state index is 11.2. The van der Waals surface area contributed by atoms with Crippen LogP contribution in [-0.2, 0) is 4.79 Å². The molecular formula is C12H20O. The first-order valence-corrected chi connectivity index (χ1v) is 5.62. The number of ketones is 1. The Labute approximate surface area is 80.9 Å². The fourth-order valence-corrected chi connectivity index (χ4v) is 3.39. The first-order valence-electron chi connectivity index (χ1n) is 5.62. The molecule has 0 aromatic carbocycles. The van der Waals surface area contributed by atoms with E-state index >= 15 is 0 Å². The quantitative estimate of drug-likeness (QED) is 0.652. The van der Waals surface area contributed by atoms with Crippen molar-refractivity contribution in [2.45, 2.75) is 52.4 Å². The highest BCUT2D eigenvalue weighted by atomic mass is 16.1. The number of hydrogen-bond donors (Lipinski definition) is 0. The van der Waals surface area contributed by atoms with Crippen molar-refractivity contribution in [2.75, 3.05) is 0 Å². The number of rotatable bonds is 3. The number of fused-ring (bicyclic) bond motifs is 2. The van der Waals surface area contributed by atoms with Crippen LogP contribution in [0.25, 0.3) is 0 Å². The van der Waals surface area contributed by atoms with Crippen molar-refractivity contribution in [1.82, 2.24) is 0 Å². The van der Waals surface area contributed by atoms with Crippen LogP contribution in [-0.4, -0.2) is 5.78 Å². The minimum atomic E-state index is 0.303. The van der Waals surface area contributed by atoms with Gasteiger partial charge in [-0.2, -0.15) is 0 Å². The lowest BCUT2D eigenvalue weighted by Gasteiger charge is -2.28. The van der Waals surface area contributed by atoms with Crippen LogP contribution in [0.4, 0.5) is 0 Å². The highest BCUT2D eigenvalue weighted by Crippen LogP contribution is 2.57. The van der Waals surface area contributed by atoms with E-state index in [1.165, 1.54) is 38.5 Å². The highest BCUT2D eigenvalue weighted by Gasteiger charge is 2.45. The minimum absolute atomic E-state index is 0.303. The van der Waals surface area contributed by atoms with Gasteiger partial charge in [0, 0.05) is 5.92 Å². The third-order valence-corrected chi connectivity index (χ3v) is 4.32. The molecule has 0 aromatic heterocycles. The normalized spacial score (nSPS) is 39.4. The van der Waals surface area contributed by atoms with E-state index in [9.17, 15) is 4.79 Å². The van der Waals surface area contributed by atoms with Crippen LogP contribution in [0.2, 0.25) is 0 Å². The molecule has 0 radical (unpaired) electrons. The minimum Gasteiger partial charge on any atom is -0.300 e. The van der Waals surface area contributed by atoms with Crippen LogP contribution < -0.4 is 0 Å². The van der Waals surface area contributed by atoms with Gasteiger partial charge in [0.1, 0.15) is 5.78 Å². The fourth-order valence-electron chi connectivity index (χ4n) is 3.39. The van der Waals surface area contributed by atoms with Crippen molar-refractivity contribution in [2.24, 2.45) is 17.3 Å². The maximum Gasteiger partial charge on any atom is 0.132 e. The molecule has 0 saturated heterocycles. The predicted octanol–water partition coefficient (Wildman–Crippen LogP) is 3.18. The summed E-state index contributed by atoms with van der Waals surface area (Å²) in [5.41, 5.74) is 0.593. The number of carbonyl (C=O) groups excluding carboxylic acids is 1. The Hall–Kier alpha value is -0.330. The van der Waals surface area contributed by atoms with E-state index in [4.69, 9.17) is 0 Å². The lowest BCUT2D eigenvalue weighted by molar-refractivity contribution is -0.121. The van der Waals surface area contributed by atoms with Crippen molar-refractivity contribution >= 4 is 5.78 Å². The van der Waals surface area contributed by atoms with Crippen LogP contribution >= 0.6 is 0 Å². The zero-order chi connectivity index (χ0) is 9.47. The molecule has 13 heavy (non-hydrogen) atoms. The van der Waals surface area contributed by atoms with E-state index in [0.29, 0.717) is 17.1 Å². The number of hydrogen-bond acceptors (Lipinski definition) is 1. The van der Waals surface area contributed by atoms with Gasteiger partial charge in [0.05, 0.1) is 0 Å². The van der Waals surface area contributed by atoms with Crippen molar-refractivity contribution in [3.8, 4) is 0 Å². The lowest BCUT2D eigenvalue weighted by atomic mass is 9.76. The Balaban J connectivity index is 1.97. The molecule has 1 nitrogen and oxygen atoms in total. The molecule has 0 heterocycles. The molecule has 1 heteroatoms. The summed E-state index contributed by atoms with van der Waals surface area (Å²) in [6.07, 6.45) is 8.25. The van der Waals surface area contributed by atoms with Crippen LogP contribution in [0.1, 0.15) is 52.4 Å². The van der Waals surface area contributed by atoms with Gasteiger partial charge < -0.3 is 0 Å². The van der Waals surface area contributed by atoms with Gasteiger partial charge in [-0.05, 0) is 56.8 Å². The van der Waals surface area contributed by atoms with Crippen LogP contribution in [0.15, 0.2) is 0 Å². The van der Waals surface area contributed by atoms with E-state index in [-0.39, 0.29) is 0 Å². The van der Waals surface area contributed by atoms with Gasteiger partial charge in [-0.15, -0.1) is 0 Å². The Morgan fingerprint density at radius 3 is 2.46 bits per heavy atom. The van der Waals surface area contributed by atoms with Crippen LogP contribution in [0.5, 0.6) is 0 Å². The Bertz CT molecular complexity index is 211. The summed E-state index contributed by atoms with van der Waals surface area (Å²) in [5.74, 6) is 1.70. The summed E-state index contributed by atoms with van der Waals surface area (Å²) in [6.45, 7) is 3.84. The van der Waals surface area contributed by atoms with Crippen molar-refractivity contribution < 1.29 is 4.79 Å². The average Bonchev–Trinajstić information content (AvgIpc) is 2.62. The molecule has 2 saturated carbocycles. The molecule has 1 unspecified atom stereocenters. The second kappa shape index (κ2) is 3.11. The van der Waals surface area contributed by atoms with E-state index in [1.807, 2.05) is 0 Å². The van der Waals surface area contributed by atoms with Crippen LogP contribution in [0.3, 0.4) is 0 Å². The first kappa shape index (κ1) is 9.23. The third-order valence-electron chi connectivity index (χ3n) is 4.32. The summed E-state index contributed by atoms with van der Waals surface area (Å²) in [6, 6.07) is 0. The monoisotopic (exact) mass is 180 g/mol. The topological polar surface area (TPSA) is 17.1 Å².